The van der Waals surface area contributed by atoms with Crippen molar-refractivity contribution in [2.45, 2.75) is 97.3 Å². The van der Waals surface area contributed by atoms with Crippen LogP contribution in [0.2, 0.25) is 0 Å². The number of cyclic esters (lactones) is 1. The Hall–Kier alpha value is -3.66. The molecule has 0 saturated heterocycles. The summed E-state index contributed by atoms with van der Waals surface area (Å²) in [6.45, 7) is 5.23. The van der Waals surface area contributed by atoms with Gasteiger partial charge >= 0.3 is 5.97 Å². The average molecular weight is 566 g/mol. The SMILES string of the molecule is CCCCCCCCOc1ccc(C=C2N=C(c3ccc(-c4ccc(CCCCCCCC)cc4)cc3)OC2=O)cc1. The van der Waals surface area contributed by atoms with E-state index in [1.165, 1.54) is 81.8 Å². The second-order valence-corrected chi connectivity index (χ2v) is 11.3. The highest BCUT2D eigenvalue weighted by Crippen LogP contribution is 2.25. The van der Waals surface area contributed by atoms with Crippen molar-refractivity contribution in [3.63, 3.8) is 0 Å². The van der Waals surface area contributed by atoms with Gasteiger partial charge in [-0.05, 0) is 71.9 Å². The normalized spacial score (nSPS) is 13.8. The molecule has 1 aliphatic rings. The van der Waals surface area contributed by atoms with Gasteiger partial charge in [0.25, 0.3) is 0 Å². The molecule has 3 aromatic rings. The molecule has 0 unspecified atom stereocenters. The molecular weight excluding hydrogens is 518 g/mol. The lowest BCUT2D eigenvalue weighted by Gasteiger charge is -2.06. The first-order valence-electron chi connectivity index (χ1n) is 16.1. The highest BCUT2D eigenvalue weighted by molar-refractivity contribution is 6.13. The molecule has 0 radical (unpaired) electrons. The van der Waals surface area contributed by atoms with E-state index in [9.17, 15) is 4.79 Å². The Morgan fingerprint density at radius 1 is 0.643 bits per heavy atom. The summed E-state index contributed by atoms with van der Waals surface area (Å²) in [6.07, 6.45) is 18.3. The summed E-state index contributed by atoms with van der Waals surface area (Å²) >= 11 is 0. The molecule has 222 valence electrons. The Bertz CT molecular complexity index is 1290. The van der Waals surface area contributed by atoms with E-state index in [4.69, 9.17) is 9.47 Å². The van der Waals surface area contributed by atoms with Crippen LogP contribution in [-0.2, 0) is 16.0 Å². The Morgan fingerprint density at radius 3 is 1.83 bits per heavy atom. The third-order valence-corrected chi connectivity index (χ3v) is 7.81. The van der Waals surface area contributed by atoms with E-state index in [1.54, 1.807) is 6.08 Å². The maximum Gasteiger partial charge on any atom is 0.363 e. The van der Waals surface area contributed by atoms with Gasteiger partial charge in [-0.15, -0.1) is 0 Å². The second kappa shape index (κ2) is 17.3. The quantitative estimate of drug-likeness (QED) is 0.0875. The highest BCUT2D eigenvalue weighted by atomic mass is 16.6. The van der Waals surface area contributed by atoms with E-state index in [0.29, 0.717) is 11.6 Å². The number of esters is 1. The monoisotopic (exact) mass is 565 g/mol. The number of aliphatic imine (C=N–C) groups is 1. The third kappa shape index (κ3) is 10.0. The molecule has 4 rings (SSSR count). The van der Waals surface area contributed by atoms with E-state index in [1.807, 2.05) is 36.4 Å². The molecule has 0 amide bonds. The smallest absolute Gasteiger partial charge is 0.363 e. The molecule has 0 N–H and O–H groups in total. The molecule has 4 heteroatoms. The summed E-state index contributed by atoms with van der Waals surface area (Å²) in [4.78, 5) is 17.0. The summed E-state index contributed by atoms with van der Waals surface area (Å²) in [6, 6.07) is 24.7. The Labute approximate surface area is 252 Å². The van der Waals surface area contributed by atoms with Gasteiger partial charge in [-0.2, -0.15) is 0 Å². The topological polar surface area (TPSA) is 47.9 Å². The Kier molecular flexibility index (Phi) is 12.9. The summed E-state index contributed by atoms with van der Waals surface area (Å²) in [5.74, 6) is 0.751. The van der Waals surface area contributed by atoms with Crippen LogP contribution in [0.15, 0.2) is 83.5 Å². The van der Waals surface area contributed by atoms with Gasteiger partial charge in [-0.25, -0.2) is 9.79 Å². The van der Waals surface area contributed by atoms with Gasteiger partial charge in [0.05, 0.1) is 6.61 Å². The van der Waals surface area contributed by atoms with E-state index < -0.39 is 5.97 Å². The molecule has 0 fully saturated rings. The van der Waals surface area contributed by atoms with Crippen LogP contribution >= 0.6 is 0 Å². The second-order valence-electron chi connectivity index (χ2n) is 11.3. The zero-order valence-corrected chi connectivity index (χ0v) is 25.6. The largest absolute Gasteiger partial charge is 0.494 e. The molecule has 0 spiro atoms. The third-order valence-electron chi connectivity index (χ3n) is 7.81. The first-order valence-corrected chi connectivity index (χ1v) is 16.1. The van der Waals surface area contributed by atoms with Crippen LogP contribution in [-0.4, -0.2) is 18.5 Å². The van der Waals surface area contributed by atoms with Crippen molar-refractivity contribution in [3.8, 4) is 16.9 Å². The molecule has 0 saturated carbocycles. The van der Waals surface area contributed by atoms with Crippen LogP contribution in [0.5, 0.6) is 5.75 Å². The van der Waals surface area contributed by atoms with Crippen LogP contribution < -0.4 is 4.74 Å². The number of aryl methyl sites for hydroxylation is 1. The molecule has 0 bridgehead atoms. The van der Waals surface area contributed by atoms with Gasteiger partial charge in [0.15, 0.2) is 5.70 Å². The number of carbonyl (C=O) groups excluding carboxylic acids is 1. The lowest BCUT2D eigenvalue weighted by molar-refractivity contribution is -0.129. The molecule has 0 aromatic heterocycles. The van der Waals surface area contributed by atoms with Crippen LogP contribution in [0.3, 0.4) is 0 Å². The molecule has 4 nitrogen and oxygen atoms in total. The number of benzene rings is 3. The minimum absolute atomic E-state index is 0.302. The average Bonchev–Trinajstić information content (AvgIpc) is 3.39. The molecular formula is C38H47NO3. The van der Waals surface area contributed by atoms with E-state index in [2.05, 4.69) is 55.2 Å². The first-order chi connectivity index (χ1) is 20.7. The maximum atomic E-state index is 12.5. The van der Waals surface area contributed by atoms with Gasteiger partial charge < -0.3 is 9.47 Å². The molecule has 0 atom stereocenters. The fourth-order valence-electron chi connectivity index (χ4n) is 5.20. The van der Waals surface area contributed by atoms with E-state index in [0.717, 1.165) is 41.9 Å². The predicted molar refractivity (Wildman–Crippen MR) is 175 cm³/mol. The van der Waals surface area contributed by atoms with Crippen molar-refractivity contribution < 1.29 is 14.3 Å². The Morgan fingerprint density at radius 2 is 1.19 bits per heavy atom. The van der Waals surface area contributed by atoms with Crippen molar-refractivity contribution >= 4 is 17.9 Å². The van der Waals surface area contributed by atoms with E-state index >= 15 is 0 Å². The van der Waals surface area contributed by atoms with E-state index in [-0.39, 0.29) is 0 Å². The number of rotatable bonds is 18. The summed E-state index contributed by atoms with van der Waals surface area (Å²) < 4.78 is 11.4. The molecule has 0 aliphatic carbocycles. The standard InChI is InChI=1S/C38H47NO3/c1-3-5-7-9-11-13-15-30-16-20-32(21-17-30)33-22-24-34(25-23-33)37-39-36(38(40)42-37)29-31-18-26-35(27-19-31)41-28-14-12-10-8-6-4-2/h16-27,29H,3-15,28H2,1-2H3. The summed E-state index contributed by atoms with van der Waals surface area (Å²) in [7, 11) is 0. The van der Waals surface area contributed by atoms with Crippen molar-refractivity contribution in [1.82, 2.24) is 0 Å². The van der Waals surface area contributed by atoms with Crippen LogP contribution in [0.4, 0.5) is 0 Å². The first kappa shape index (κ1) is 31.3. The molecule has 3 aromatic carbocycles. The molecule has 42 heavy (non-hydrogen) atoms. The van der Waals surface area contributed by atoms with Gasteiger partial charge in [0.2, 0.25) is 5.90 Å². The number of ether oxygens (including phenoxy) is 2. The lowest BCUT2D eigenvalue weighted by Crippen LogP contribution is -2.05. The number of carbonyl (C=O) groups is 1. The fourth-order valence-corrected chi connectivity index (χ4v) is 5.20. The highest BCUT2D eigenvalue weighted by Gasteiger charge is 2.24. The van der Waals surface area contributed by atoms with Crippen LogP contribution in [0, 0.1) is 0 Å². The van der Waals surface area contributed by atoms with Gasteiger partial charge in [-0.3, -0.25) is 0 Å². The van der Waals surface area contributed by atoms with Gasteiger partial charge in [0, 0.05) is 5.56 Å². The maximum absolute atomic E-state index is 12.5. The Balaban J connectivity index is 1.27. The zero-order chi connectivity index (χ0) is 29.4. The predicted octanol–water partition coefficient (Wildman–Crippen LogP) is 10.3. The summed E-state index contributed by atoms with van der Waals surface area (Å²) in [5.41, 5.74) is 5.68. The molecule has 1 aliphatic heterocycles. The lowest BCUT2D eigenvalue weighted by atomic mass is 10.00. The van der Waals surface area contributed by atoms with Gasteiger partial charge in [-0.1, -0.05) is 127 Å². The molecule has 1 heterocycles. The van der Waals surface area contributed by atoms with Gasteiger partial charge in [0.1, 0.15) is 5.75 Å². The number of nitrogens with zero attached hydrogens (tertiary/aromatic N) is 1. The zero-order valence-electron chi connectivity index (χ0n) is 25.6. The number of unbranched alkanes of at least 4 members (excludes halogenated alkanes) is 10. The summed E-state index contributed by atoms with van der Waals surface area (Å²) in [5, 5.41) is 0. The van der Waals surface area contributed by atoms with Crippen molar-refractivity contribution in [3.05, 3.63) is 95.2 Å². The number of hydrogen-bond donors (Lipinski definition) is 0. The minimum Gasteiger partial charge on any atom is -0.494 e. The number of hydrogen-bond acceptors (Lipinski definition) is 4. The van der Waals surface area contributed by atoms with Crippen LogP contribution in [0.25, 0.3) is 17.2 Å². The van der Waals surface area contributed by atoms with Crippen molar-refractivity contribution in [2.75, 3.05) is 6.61 Å². The van der Waals surface area contributed by atoms with Crippen molar-refractivity contribution in [2.24, 2.45) is 4.99 Å². The van der Waals surface area contributed by atoms with Crippen molar-refractivity contribution in [1.29, 1.82) is 0 Å². The minimum atomic E-state index is -0.432. The fraction of sp³-hybridized carbons (Fsp3) is 0.421. The van der Waals surface area contributed by atoms with Crippen LogP contribution in [0.1, 0.15) is 108 Å².